The van der Waals surface area contributed by atoms with Crippen molar-refractivity contribution in [1.29, 1.82) is 0 Å². The number of sulfonamides is 1. The van der Waals surface area contributed by atoms with E-state index in [2.05, 4.69) is 14.7 Å². The normalized spacial score (nSPS) is 11.3. The highest BCUT2D eigenvalue weighted by molar-refractivity contribution is 7.89. The SMILES string of the molecule is COc1ccc(S(=O)(=O)NCc2cnc(C)cn2)cc1. The molecule has 2 rings (SSSR count). The Morgan fingerprint density at radius 3 is 2.40 bits per heavy atom. The molecule has 0 bridgehead atoms. The Kier molecular flexibility index (Phi) is 4.31. The van der Waals surface area contributed by atoms with Crippen molar-refractivity contribution in [3.63, 3.8) is 0 Å². The summed E-state index contributed by atoms with van der Waals surface area (Å²) in [7, 11) is -2.04. The Hall–Kier alpha value is -1.99. The fourth-order valence-corrected chi connectivity index (χ4v) is 2.52. The molecule has 1 aromatic heterocycles. The Morgan fingerprint density at radius 2 is 1.85 bits per heavy atom. The molecule has 0 amide bonds. The van der Waals surface area contributed by atoms with Crippen molar-refractivity contribution >= 4 is 10.0 Å². The van der Waals surface area contributed by atoms with Crippen LogP contribution in [0.4, 0.5) is 0 Å². The largest absolute Gasteiger partial charge is 0.497 e. The molecular weight excluding hydrogens is 278 g/mol. The smallest absolute Gasteiger partial charge is 0.240 e. The van der Waals surface area contributed by atoms with Crippen LogP contribution in [0.3, 0.4) is 0 Å². The monoisotopic (exact) mass is 293 g/mol. The quantitative estimate of drug-likeness (QED) is 0.898. The van der Waals surface area contributed by atoms with E-state index in [1.165, 1.54) is 19.2 Å². The third-order valence-corrected chi connectivity index (χ3v) is 4.06. The molecule has 0 unspecified atom stereocenters. The molecule has 2 aromatic rings. The topological polar surface area (TPSA) is 81.2 Å². The van der Waals surface area contributed by atoms with Crippen LogP contribution in [0.5, 0.6) is 5.75 Å². The molecule has 0 fully saturated rings. The zero-order valence-electron chi connectivity index (χ0n) is 11.2. The highest BCUT2D eigenvalue weighted by Gasteiger charge is 2.13. The van der Waals surface area contributed by atoms with Crippen LogP contribution in [-0.2, 0) is 16.6 Å². The lowest BCUT2D eigenvalue weighted by Crippen LogP contribution is -2.23. The van der Waals surface area contributed by atoms with E-state index in [1.807, 2.05) is 6.92 Å². The lowest BCUT2D eigenvalue weighted by atomic mass is 10.3. The maximum absolute atomic E-state index is 12.1. The van der Waals surface area contributed by atoms with E-state index in [-0.39, 0.29) is 11.4 Å². The van der Waals surface area contributed by atoms with Gasteiger partial charge in [0.2, 0.25) is 10.0 Å². The van der Waals surface area contributed by atoms with Crippen molar-refractivity contribution in [2.45, 2.75) is 18.4 Å². The zero-order valence-corrected chi connectivity index (χ0v) is 12.0. The van der Waals surface area contributed by atoms with Gasteiger partial charge in [-0.3, -0.25) is 9.97 Å². The third-order valence-electron chi connectivity index (χ3n) is 2.65. The number of rotatable bonds is 5. The number of hydrogen-bond donors (Lipinski definition) is 1. The van der Waals surface area contributed by atoms with Gasteiger partial charge in [0.1, 0.15) is 5.75 Å². The van der Waals surface area contributed by atoms with Gasteiger partial charge in [0.25, 0.3) is 0 Å². The first kappa shape index (κ1) is 14.4. The summed E-state index contributed by atoms with van der Waals surface area (Å²) in [5.41, 5.74) is 1.35. The van der Waals surface area contributed by atoms with E-state index >= 15 is 0 Å². The second-order valence-corrected chi connectivity index (χ2v) is 5.92. The lowest BCUT2D eigenvalue weighted by Gasteiger charge is -2.07. The average Bonchev–Trinajstić information content (AvgIpc) is 2.47. The average molecular weight is 293 g/mol. The fourth-order valence-electron chi connectivity index (χ4n) is 1.52. The first-order chi connectivity index (χ1) is 9.51. The molecule has 0 radical (unpaired) electrons. The summed E-state index contributed by atoms with van der Waals surface area (Å²) < 4.78 is 31.6. The molecular formula is C13H15N3O3S. The minimum atomic E-state index is -3.57. The van der Waals surface area contributed by atoms with Crippen molar-refractivity contribution in [2.75, 3.05) is 7.11 Å². The Morgan fingerprint density at radius 1 is 1.15 bits per heavy atom. The van der Waals surface area contributed by atoms with Gasteiger partial charge < -0.3 is 4.74 Å². The highest BCUT2D eigenvalue weighted by Crippen LogP contribution is 2.15. The summed E-state index contributed by atoms with van der Waals surface area (Å²) in [6.45, 7) is 1.92. The maximum atomic E-state index is 12.1. The molecule has 0 aliphatic heterocycles. The molecule has 0 aliphatic rings. The number of benzene rings is 1. The van der Waals surface area contributed by atoms with Crippen LogP contribution in [0.2, 0.25) is 0 Å². The summed E-state index contributed by atoms with van der Waals surface area (Å²) in [5.74, 6) is 0.605. The predicted octanol–water partition coefficient (Wildman–Crippen LogP) is 1.27. The van der Waals surface area contributed by atoms with Crippen LogP contribution >= 0.6 is 0 Å². The number of nitrogens with one attached hydrogen (secondary N) is 1. The summed E-state index contributed by atoms with van der Waals surface area (Å²) >= 11 is 0. The van der Waals surface area contributed by atoms with Gasteiger partial charge >= 0.3 is 0 Å². The predicted molar refractivity (Wildman–Crippen MR) is 73.8 cm³/mol. The molecule has 1 heterocycles. The number of ether oxygens (including phenoxy) is 1. The van der Waals surface area contributed by atoms with Gasteiger partial charge in [0, 0.05) is 6.20 Å². The van der Waals surface area contributed by atoms with E-state index < -0.39 is 10.0 Å². The van der Waals surface area contributed by atoms with Crippen molar-refractivity contribution < 1.29 is 13.2 Å². The first-order valence-corrected chi connectivity index (χ1v) is 7.41. The van der Waals surface area contributed by atoms with Gasteiger partial charge in [0.15, 0.2) is 0 Å². The van der Waals surface area contributed by atoms with Crippen LogP contribution in [-0.4, -0.2) is 25.5 Å². The van der Waals surface area contributed by atoms with E-state index in [1.54, 1.807) is 24.5 Å². The summed E-state index contributed by atoms with van der Waals surface area (Å²) in [5, 5.41) is 0. The molecule has 20 heavy (non-hydrogen) atoms. The molecule has 1 N–H and O–H groups in total. The maximum Gasteiger partial charge on any atom is 0.240 e. The number of methoxy groups -OCH3 is 1. The molecule has 0 atom stereocenters. The summed E-state index contributed by atoms with van der Waals surface area (Å²) in [6, 6.07) is 6.17. The molecule has 0 spiro atoms. The second-order valence-electron chi connectivity index (χ2n) is 4.15. The standard InChI is InChI=1S/C13H15N3O3S/c1-10-7-15-11(8-14-10)9-16-20(17,18)13-5-3-12(19-2)4-6-13/h3-8,16H,9H2,1-2H3. The minimum absolute atomic E-state index is 0.0989. The number of aromatic nitrogens is 2. The lowest BCUT2D eigenvalue weighted by molar-refractivity contribution is 0.414. The van der Waals surface area contributed by atoms with E-state index in [0.29, 0.717) is 11.4 Å². The molecule has 6 nitrogen and oxygen atoms in total. The second kappa shape index (κ2) is 5.98. The van der Waals surface area contributed by atoms with Gasteiger partial charge in [-0.1, -0.05) is 0 Å². The molecule has 0 saturated carbocycles. The van der Waals surface area contributed by atoms with Crippen LogP contribution in [0.1, 0.15) is 11.4 Å². The molecule has 0 aliphatic carbocycles. The van der Waals surface area contributed by atoms with Crippen molar-refractivity contribution in [3.8, 4) is 5.75 Å². The third kappa shape index (κ3) is 3.52. The van der Waals surface area contributed by atoms with Crippen LogP contribution in [0, 0.1) is 6.92 Å². The van der Waals surface area contributed by atoms with Gasteiger partial charge in [-0.25, -0.2) is 13.1 Å². The van der Waals surface area contributed by atoms with Crippen molar-refractivity contribution in [3.05, 3.63) is 48.0 Å². The van der Waals surface area contributed by atoms with Crippen LogP contribution < -0.4 is 9.46 Å². The Bertz CT molecular complexity index is 667. The van der Waals surface area contributed by atoms with Crippen molar-refractivity contribution in [1.82, 2.24) is 14.7 Å². The van der Waals surface area contributed by atoms with Gasteiger partial charge in [-0.15, -0.1) is 0 Å². The van der Waals surface area contributed by atoms with Gasteiger partial charge in [-0.2, -0.15) is 0 Å². The highest BCUT2D eigenvalue weighted by atomic mass is 32.2. The van der Waals surface area contributed by atoms with Crippen LogP contribution in [0.25, 0.3) is 0 Å². The molecule has 0 saturated heterocycles. The van der Waals surface area contributed by atoms with Gasteiger partial charge in [0.05, 0.1) is 36.1 Å². The summed E-state index contributed by atoms with van der Waals surface area (Å²) in [4.78, 5) is 8.33. The Labute approximate surface area is 117 Å². The van der Waals surface area contributed by atoms with E-state index in [9.17, 15) is 8.42 Å². The number of nitrogens with zero attached hydrogens (tertiary/aromatic N) is 2. The fraction of sp³-hybridized carbons (Fsp3) is 0.231. The number of hydrogen-bond acceptors (Lipinski definition) is 5. The Balaban J connectivity index is 2.08. The van der Waals surface area contributed by atoms with E-state index in [0.717, 1.165) is 5.69 Å². The minimum Gasteiger partial charge on any atom is -0.497 e. The molecule has 1 aromatic carbocycles. The van der Waals surface area contributed by atoms with Crippen molar-refractivity contribution in [2.24, 2.45) is 0 Å². The van der Waals surface area contributed by atoms with Crippen LogP contribution in [0.15, 0.2) is 41.6 Å². The first-order valence-electron chi connectivity index (χ1n) is 5.92. The van der Waals surface area contributed by atoms with Gasteiger partial charge in [-0.05, 0) is 31.2 Å². The zero-order chi connectivity index (χ0) is 14.6. The van der Waals surface area contributed by atoms with E-state index in [4.69, 9.17) is 4.74 Å². The molecule has 106 valence electrons. The summed E-state index contributed by atoms with van der Waals surface area (Å²) in [6.07, 6.45) is 3.14. The number of aryl methyl sites for hydroxylation is 1. The molecule has 7 heteroatoms.